The van der Waals surface area contributed by atoms with E-state index >= 15 is 0 Å². The molecule has 0 spiro atoms. The van der Waals surface area contributed by atoms with Gasteiger partial charge in [0.25, 0.3) is 5.91 Å². The normalized spacial score (nSPS) is 11.8. The van der Waals surface area contributed by atoms with Gasteiger partial charge >= 0.3 is 10.2 Å². The van der Waals surface area contributed by atoms with Crippen LogP contribution in [-0.4, -0.2) is 46.3 Å². The molecule has 0 aliphatic rings. The van der Waals surface area contributed by atoms with Crippen molar-refractivity contribution in [3.63, 3.8) is 0 Å². The summed E-state index contributed by atoms with van der Waals surface area (Å²) in [6, 6.07) is 6.47. The van der Waals surface area contributed by atoms with Crippen LogP contribution in [0.1, 0.15) is 24.2 Å². The van der Waals surface area contributed by atoms with Gasteiger partial charge in [0.2, 0.25) is 0 Å². The van der Waals surface area contributed by atoms with Crippen LogP contribution in [0, 0.1) is 5.92 Å². The van der Waals surface area contributed by atoms with Crippen molar-refractivity contribution in [1.82, 2.24) is 9.62 Å². The largest absolute Gasteiger partial charge is 0.352 e. The van der Waals surface area contributed by atoms with Crippen LogP contribution in [0.5, 0.6) is 0 Å². The monoisotopic (exact) mass is 313 g/mol. The van der Waals surface area contributed by atoms with Gasteiger partial charge in [-0.25, -0.2) is 0 Å². The maximum Gasteiger partial charge on any atom is 0.303 e. The van der Waals surface area contributed by atoms with Gasteiger partial charge in [-0.2, -0.15) is 12.7 Å². The van der Waals surface area contributed by atoms with E-state index < -0.39 is 10.2 Å². The molecule has 0 aromatic heterocycles. The Balaban J connectivity index is 2.86. The maximum atomic E-state index is 12.0. The summed E-state index contributed by atoms with van der Waals surface area (Å²) in [5.41, 5.74) is 1.01. The number of rotatable bonds is 6. The Morgan fingerprint density at radius 3 is 2.10 bits per heavy atom. The molecule has 0 aliphatic heterocycles. The number of anilines is 1. The average Bonchev–Trinajstić information content (AvgIpc) is 2.43. The van der Waals surface area contributed by atoms with E-state index in [2.05, 4.69) is 5.32 Å². The second-order valence-corrected chi connectivity index (χ2v) is 7.58. The molecule has 7 heteroatoms. The molecule has 118 valence electrons. The highest BCUT2D eigenvalue weighted by atomic mass is 32.2. The first kappa shape index (κ1) is 17.5. The van der Waals surface area contributed by atoms with Crippen LogP contribution in [-0.2, 0) is 10.2 Å². The van der Waals surface area contributed by atoms with Gasteiger partial charge in [-0.1, -0.05) is 13.8 Å². The fraction of sp³-hybridized carbons (Fsp3) is 0.500. The van der Waals surface area contributed by atoms with E-state index in [-0.39, 0.29) is 5.91 Å². The Bertz CT molecular complexity index is 580. The standard InChI is InChI=1S/C14H23N3O3S/c1-11(2)10-15-14(18)12-6-8-13(9-7-12)17(5)21(19,20)16(3)4/h6-9,11H,10H2,1-5H3,(H,15,18). The number of benzene rings is 1. The van der Waals surface area contributed by atoms with Crippen molar-refractivity contribution < 1.29 is 13.2 Å². The molecule has 6 nitrogen and oxygen atoms in total. The van der Waals surface area contributed by atoms with Crippen molar-refractivity contribution in [3.05, 3.63) is 29.8 Å². The molecule has 21 heavy (non-hydrogen) atoms. The molecular weight excluding hydrogens is 290 g/mol. The minimum Gasteiger partial charge on any atom is -0.352 e. The van der Waals surface area contributed by atoms with Crippen molar-refractivity contribution in [2.24, 2.45) is 5.92 Å². The van der Waals surface area contributed by atoms with E-state index in [1.54, 1.807) is 24.3 Å². The van der Waals surface area contributed by atoms with Gasteiger partial charge in [-0.15, -0.1) is 0 Å². The number of hydrogen-bond acceptors (Lipinski definition) is 3. The molecule has 1 aromatic carbocycles. The molecular formula is C14H23N3O3S. The van der Waals surface area contributed by atoms with Crippen LogP contribution in [0.3, 0.4) is 0 Å². The second-order valence-electron chi connectivity index (χ2n) is 5.41. The molecule has 0 fully saturated rings. The third kappa shape index (κ3) is 4.44. The number of hydrogen-bond donors (Lipinski definition) is 1. The van der Waals surface area contributed by atoms with Gasteiger partial charge in [0, 0.05) is 33.3 Å². The van der Waals surface area contributed by atoms with Crippen molar-refractivity contribution in [1.29, 1.82) is 0 Å². The highest BCUT2D eigenvalue weighted by molar-refractivity contribution is 7.90. The summed E-state index contributed by atoms with van der Waals surface area (Å²) >= 11 is 0. The summed E-state index contributed by atoms with van der Waals surface area (Å²) in [4.78, 5) is 11.9. The zero-order valence-corrected chi connectivity index (χ0v) is 13.9. The zero-order valence-electron chi connectivity index (χ0n) is 13.1. The van der Waals surface area contributed by atoms with E-state index in [9.17, 15) is 13.2 Å². The van der Waals surface area contributed by atoms with E-state index in [1.165, 1.54) is 25.4 Å². The lowest BCUT2D eigenvalue weighted by atomic mass is 10.1. The molecule has 0 unspecified atom stereocenters. The Kier molecular flexibility index (Phi) is 5.74. The van der Waals surface area contributed by atoms with Crippen molar-refractivity contribution in [3.8, 4) is 0 Å². The first-order valence-corrected chi connectivity index (χ1v) is 8.10. The third-order valence-corrected chi connectivity index (χ3v) is 4.80. The summed E-state index contributed by atoms with van der Waals surface area (Å²) in [6.45, 7) is 4.64. The van der Waals surface area contributed by atoms with E-state index in [1.807, 2.05) is 13.8 Å². The number of amides is 1. The summed E-state index contributed by atoms with van der Waals surface area (Å²) in [5, 5.41) is 2.82. The molecule has 0 saturated heterocycles. The van der Waals surface area contributed by atoms with Gasteiger partial charge in [-0.05, 0) is 30.2 Å². The molecule has 0 bridgehead atoms. The first-order chi connectivity index (χ1) is 9.66. The minimum atomic E-state index is -3.52. The molecule has 0 aliphatic carbocycles. The third-order valence-electron chi connectivity index (χ3n) is 2.97. The molecule has 1 rings (SSSR count). The number of carbonyl (C=O) groups is 1. The van der Waals surface area contributed by atoms with Crippen LogP contribution >= 0.6 is 0 Å². The second kappa shape index (κ2) is 6.91. The van der Waals surface area contributed by atoms with E-state index in [0.29, 0.717) is 23.7 Å². The van der Waals surface area contributed by atoms with E-state index in [0.717, 1.165) is 4.31 Å². The summed E-state index contributed by atoms with van der Waals surface area (Å²) < 4.78 is 26.3. The predicted octanol–water partition coefficient (Wildman–Crippen LogP) is 1.31. The van der Waals surface area contributed by atoms with Gasteiger partial charge in [-0.3, -0.25) is 9.10 Å². The lowest BCUT2D eigenvalue weighted by Gasteiger charge is -2.23. The fourth-order valence-electron chi connectivity index (χ4n) is 1.60. The smallest absolute Gasteiger partial charge is 0.303 e. The predicted molar refractivity (Wildman–Crippen MR) is 84.6 cm³/mol. The minimum absolute atomic E-state index is 0.159. The van der Waals surface area contributed by atoms with Crippen molar-refractivity contribution in [2.75, 3.05) is 32.0 Å². The van der Waals surface area contributed by atoms with Gasteiger partial charge < -0.3 is 5.32 Å². The highest BCUT2D eigenvalue weighted by Gasteiger charge is 2.20. The topological polar surface area (TPSA) is 69.7 Å². The molecule has 1 N–H and O–H groups in total. The Morgan fingerprint density at radius 2 is 1.67 bits per heavy atom. The molecule has 0 saturated carbocycles. The van der Waals surface area contributed by atoms with Gasteiger partial charge in [0.05, 0.1) is 5.69 Å². The first-order valence-electron chi connectivity index (χ1n) is 6.71. The number of carbonyl (C=O) groups excluding carboxylic acids is 1. The molecule has 0 radical (unpaired) electrons. The lowest BCUT2D eigenvalue weighted by molar-refractivity contribution is 0.0949. The Hall–Kier alpha value is -1.60. The molecule has 0 heterocycles. The highest BCUT2D eigenvalue weighted by Crippen LogP contribution is 2.18. The quantitative estimate of drug-likeness (QED) is 0.861. The summed E-state index contributed by atoms with van der Waals surface area (Å²) in [5.74, 6) is 0.220. The number of nitrogens with one attached hydrogen (secondary N) is 1. The van der Waals surface area contributed by atoms with Crippen LogP contribution in [0.25, 0.3) is 0 Å². The van der Waals surface area contributed by atoms with E-state index in [4.69, 9.17) is 0 Å². The molecule has 1 aromatic rings. The van der Waals surface area contributed by atoms with Gasteiger partial charge in [0.1, 0.15) is 0 Å². The molecule has 0 atom stereocenters. The molecule has 1 amide bonds. The van der Waals surface area contributed by atoms with Crippen LogP contribution < -0.4 is 9.62 Å². The number of nitrogens with zero attached hydrogens (tertiary/aromatic N) is 2. The zero-order chi connectivity index (χ0) is 16.2. The van der Waals surface area contributed by atoms with Crippen molar-refractivity contribution in [2.45, 2.75) is 13.8 Å². The van der Waals surface area contributed by atoms with Crippen LogP contribution in [0.2, 0.25) is 0 Å². The fourth-order valence-corrected chi connectivity index (χ4v) is 2.48. The van der Waals surface area contributed by atoms with Crippen LogP contribution in [0.4, 0.5) is 5.69 Å². The average molecular weight is 313 g/mol. The Labute approximate surface area is 126 Å². The SMILES string of the molecule is CC(C)CNC(=O)c1ccc(N(C)S(=O)(=O)N(C)C)cc1. The maximum absolute atomic E-state index is 12.0. The summed E-state index contributed by atoms with van der Waals surface area (Å²) in [7, 11) is 0.901. The van der Waals surface area contributed by atoms with Gasteiger partial charge in [0.15, 0.2) is 0 Å². The van der Waals surface area contributed by atoms with Crippen LogP contribution in [0.15, 0.2) is 24.3 Å². The Morgan fingerprint density at radius 1 is 1.14 bits per heavy atom. The summed E-state index contributed by atoms with van der Waals surface area (Å²) in [6.07, 6.45) is 0. The van der Waals surface area contributed by atoms with Crippen molar-refractivity contribution >= 4 is 21.8 Å². The lowest BCUT2D eigenvalue weighted by Crippen LogP contribution is -2.37.